The second-order valence-corrected chi connectivity index (χ2v) is 6.90. The van der Waals surface area contributed by atoms with Gasteiger partial charge in [-0.25, -0.2) is 0 Å². The van der Waals surface area contributed by atoms with Crippen molar-refractivity contribution in [2.45, 2.75) is 19.8 Å². The lowest BCUT2D eigenvalue weighted by Crippen LogP contribution is -2.50. The van der Waals surface area contributed by atoms with E-state index in [9.17, 15) is 4.79 Å². The highest BCUT2D eigenvalue weighted by atomic mass is 16.2. The maximum atomic E-state index is 12.1. The maximum Gasteiger partial charge on any atom is 0.236 e. The van der Waals surface area contributed by atoms with Crippen LogP contribution < -0.4 is 5.32 Å². The summed E-state index contributed by atoms with van der Waals surface area (Å²) in [4.78, 5) is 18.8. The first-order valence-electron chi connectivity index (χ1n) is 7.84. The number of rotatable bonds is 4. The molecule has 20 heavy (non-hydrogen) atoms. The molecule has 0 aliphatic carbocycles. The van der Waals surface area contributed by atoms with Gasteiger partial charge < -0.3 is 20.0 Å². The first-order chi connectivity index (χ1) is 9.48. The minimum absolute atomic E-state index is 0.259. The Balaban J connectivity index is 1.66. The third-order valence-corrected chi connectivity index (χ3v) is 4.88. The summed E-state index contributed by atoms with van der Waals surface area (Å²) in [6.07, 6.45) is 2.44. The highest BCUT2D eigenvalue weighted by Crippen LogP contribution is 2.29. The van der Waals surface area contributed by atoms with Gasteiger partial charge in [-0.15, -0.1) is 0 Å². The predicted molar refractivity (Wildman–Crippen MR) is 81.8 cm³/mol. The van der Waals surface area contributed by atoms with Gasteiger partial charge in [-0.05, 0) is 45.4 Å². The van der Waals surface area contributed by atoms with Crippen LogP contribution in [0.2, 0.25) is 0 Å². The molecular formula is C15H30N4O. The van der Waals surface area contributed by atoms with Gasteiger partial charge in [-0.2, -0.15) is 0 Å². The highest BCUT2D eigenvalue weighted by molar-refractivity contribution is 5.78. The Kier molecular flexibility index (Phi) is 5.41. The third kappa shape index (κ3) is 4.43. The van der Waals surface area contributed by atoms with Crippen molar-refractivity contribution < 1.29 is 4.79 Å². The lowest BCUT2D eigenvalue weighted by Gasteiger charge is -2.38. The van der Waals surface area contributed by atoms with Gasteiger partial charge in [0.15, 0.2) is 0 Å². The normalized spacial score (nSPS) is 24.9. The van der Waals surface area contributed by atoms with Crippen LogP contribution in [0.15, 0.2) is 0 Å². The fraction of sp³-hybridized carbons (Fsp3) is 0.933. The molecule has 0 aromatic rings. The van der Waals surface area contributed by atoms with E-state index < -0.39 is 0 Å². The van der Waals surface area contributed by atoms with Crippen molar-refractivity contribution in [1.29, 1.82) is 0 Å². The first kappa shape index (κ1) is 15.7. The number of piperidine rings is 1. The van der Waals surface area contributed by atoms with Crippen molar-refractivity contribution >= 4 is 5.91 Å². The van der Waals surface area contributed by atoms with Gasteiger partial charge in [-0.1, -0.05) is 6.92 Å². The van der Waals surface area contributed by atoms with Crippen molar-refractivity contribution in [3.63, 3.8) is 0 Å². The van der Waals surface area contributed by atoms with E-state index >= 15 is 0 Å². The molecule has 2 saturated heterocycles. The molecule has 0 aromatic heterocycles. The predicted octanol–water partition coefficient (Wildman–Crippen LogP) is 0.0819. The average Bonchev–Trinajstić information content (AvgIpc) is 2.43. The minimum Gasteiger partial charge on any atom is -0.339 e. The summed E-state index contributed by atoms with van der Waals surface area (Å²) >= 11 is 0. The Morgan fingerprint density at radius 3 is 2.15 bits per heavy atom. The fourth-order valence-electron chi connectivity index (χ4n) is 2.97. The second-order valence-electron chi connectivity index (χ2n) is 6.90. The van der Waals surface area contributed by atoms with Crippen molar-refractivity contribution in [3.05, 3.63) is 0 Å². The number of carbonyl (C=O) groups excluding carboxylic acids is 1. The zero-order valence-corrected chi connectivity index (χ0v) is 13.3. The Bertz CT molecular complexity index is 318. The van der Waals surface area contributed by atoms with Crippen molar-refractivity contribution in [2.75, 3.05) is 66.5 Å². The number of amides is 1. The molecule has 1 amide bonds. The summed E-state index contributed by atoms with van der Waals surface area (Å²) in [6, 6.07) is 0. The van der Waals surface area contributed by atoms with Crippen LogP contribution in [0.3, 0.4) is 0 Å². The topological polar surface area (TPSA) is 38.8 Å². The van der Waals surface area contributed by atoms with Crippen LogP contribution >= 0.6 is 0 Å². The monoisotopic (exact) mass is 282 g/mol. The summed E-state index contributed by atoms with van der Waals surface area (Å²) < 4.78 is 0. The number of hydrogen-bond donors (Lipinski definition) is 1. The summed E-state index contributed by atoms with van der Waals surface area (Å²) in [5.74, 6) is 0.259. The lowest BCUT2D eigenvalue weighted by atomic mass is 9.80. The van der Waals surface area contributed by atoms with Gasteiger partial charge in [0.05, 0.1) is 6.54 Å². The Labute approximate surface area is 123 Å². The Morgan fingerprint density at radius 2 is 1.55 bits per heavy atom. The molecule has 0 unspecified atom stereocenters. The van der Waals surface area contributed by atoms with Crippen LogP contribution in [0, 0.1) is 5.41 Å². The third-order valence-electron chi connectivity index (χ3n) is 4.88. The molecule has 5 nitrogen and oxygen atoms in total. The molecule has 0 radical (unpaired) electrons. The summed E-state index contributed by atoms with van der Waals surface area (Å²) in [6.45, 7) is 9.88. The number of carbonyl (C=O) groups is 1. The minimum atomic E-state index is 0.259. The van der Waals surface area contributed by atoms with Gasteiger partial charge in [0.2, 0.25) is 5.91 Å². The molecule has 2 aliphatic heterocycles. The first-order valence-corrected chi connectivity index (χ1v) is 7.84. The molecule has 1 N–H and O–H groups in total. The number of likely N-dealkylation sites (tertiary alicyclic amines) is 1. The Morgan fingerprint density at radius 1 is 1.00 bits per heavy atom. The van der Waals surface area contributed by atoms with Crippen LogP contribution in [-0.2, 0) is 4.79 Å². The highest BCUT2D eigenvalue weighted by Gasteiger charge is 2.28. The SMILES string of the molecule is CN1CCN(C(=O)CNCC2(C)CCN(C)CC2)CC1. The van der Waals surface area contributed by atoms with Gasteiger partial charge >= 0.3 is 0 Å². The number of nitrogens with zero attached hydrogens (tertiary/aromatic N) is 3. The van der Waals surface area contributed by atoms with Crippen LogP contribution in [-0.4, -0.2) is 87.1 Å². The van der Waals surface area contributed by atoms with Crippen molar-refractivity contribution in [3.8, 4) is 0 Å². The number of likely N-dealkylation sites (N-methyl/N-ethyl adjacent to an activating group) is 1. The van der Waals surface area contributed by atoms with Crippen LogP contribution in [0.4, 0.5) is 0 Å². The van der Waals surface area contributed by atoms with Crippen LogP contribution in [0.5, 0.6) is 0 Å². The average molecular weight is 282 g/mol. The van der Waals surface area contributed by atoms with E-state index in [-0.39, 0.29) is 5.91 Å². The quantitative estimate of drug-likeness (QED) is 0.793. The second kappa shape index (κ2) is 6.87. The molecule has 116 valence electrons. The maximum absolute atomic E-state index is 12.1. The van der Waals surface area contributed by atoms with Gasteiger partial charge in [0.1, 0.15) is 0 Å². The summed E-state index contributed by atoms with van der Waals surface area (Å²) in [5, 5.41) is 3.40. The Hall–Kier alpha value is -0.650. The van der Waals surface area contributed by atoms with Gasteiger partial charge in [0.25, 0.3) is 0 Å². The van der Waals surface area contributed by atoms with E-state index in [4.69, 9.17) is 0 Å². The smallest absolute Gasteiger partial charge is 0.236 e. The zero-order chi connectivity index (χ0) is 14.6. The van der Waals surface area contributed by atoms with E-state index in [2.05, 4.69) is 36.1 Å². The number of piperazine rings is 1. The molecule has 0 spiro atoms. The number of nitrogens with one attached hydrogen (secondary N) is 1. The molecule has 2 heterocycles. The van der Waals surface area contributed by atoms with Crippen molar-refractivity contribution in [2.24, 2.45) is 5.41 Å². The van der Waals surface area contributed by atoms with E-state index in [0.29, 0.717) is 12.0 Å². The molecule has 5 heteroatoms. The van der Waals surface area contributed by atoms with E-state index in [1.807, 2.05) is 4.90 Å². The molecular weight excluding hydrogens is 252 g/mol. The van der Waals surface area contributed by atoms with Crippen LogP contribution in [0.25, 0.3) is 0 Å². The van der Waals surface area contributed by atoms with E-state index in [0.717, 1.165) is 32.7 Å². The van der Waals surface area contributed by atoms with Gasteiger partial charge in [-0.3, -0.25) is 4.79 Å². The standard InChI is InChI=1S/C15H30N4O/c1-15(4-6-17(2)7-5-15)13-16-12-14(20)19-10-8-18(3)9-11-19/h16H,4-13H2,1-3H3. The molecule has 0 bridgehead atoms. The fourth-order valence-corrected chi connectivity index (χ4v) is 2.97. The summed E-state index contributed by atoms with van der Waals surface area (Å²) in [7, 11) is 4.30. The van der Waals surface area contributed by atoms with E-state index in [1.54, 1.807) is 0 Å². The molecule has 2 rings (SSSR count). The van der Waals surface area contributed by atoms with Gasteiger partial charge in [0, 0.05) is 32.7 Å². The molecule has 0 atom stereocenters. The van der Waals surface area contributed by atoms with E-state index in [1.165, 1.54) is 25.9 Å². The van der Waals surface area contributed by atoms with Crippen LogP contribution in [0.1, 0.15) is 19.8 Å². The largest absolute Gasteiger partial charge is 0.339 e. The molecule has 2 fully saturated rings. The summed E-state index contributed by atoms with van der Waals surface area (Å²) in [5.41, 5.74) is 0.356. The molecule has 0 saturated carbocycles. The lowest BCUT2D eigenvalue weighted by molar-refractivity contribution is -0.131. The van der Waals surface area contributed by atoms with Crippen molar-refractivity contribution in [1.82, 2.24) is 20.0 Å². The zero-order valence-electron chi connectivity index (χ0n) is 13.3. The molecule has 0 aromatic carbocycles. The number of hydrogen-bond acceptors (Lipinski definition) is 4. The molecule has 2 aliphatic rings.